The van der Waals surface area contributed by atoms with Gasteiger partial charge in [-0.25, -0.2) is 0 Å². The Morgan fingerprint density at radius 1 is 1.33 bits per heavy atom. The molecule has 0 aliphatic rings. The highest BCUT2D eigenvalue weighted by atomic mass is 16.3. The Balaban J connectivity index is 2.00. The number of amides is 1. The quantitative estimate of drug-likeness (QED) is 0.766. The third-order valence-corrected chi connectivity index (χ3v) is 2.87. The van der Waals surface area contributed by atoms with E-state index in [0.717, 1.165) is 0 Å². The summed E-state index contributed by atoms with van der Waals surface area (Å²) in [5.41, 5.74) is 7.91. The van der Waals surface area contributed by atoms with Crippen LogP contribution in [0.2, 0.25) is 0 Å². The first-order valence-corrected chi connectivity index (χ1v) is 6.28. The summed E-state index contributed by atoms with van der Waals surface area (Å²) in [4.78, 5) is 11.1. The summed E-state index contributed by atoms with van der Waals surface area (Å²) >= 11 is 0. The van der Waals surface area contributed by atoms with Crippen LogP contribution in [0.4, 0.5) is 11.5 Å². The number of hydrogen-bond donors (Lipinski definition) is 2. The van der Waals surface area contributed by atoms with Crippen molar-refractivity contribution < 1.29 is 9.21 Å². The van der Waals surface area contributed by atoms with E-state index in [1.54, 1.807) is 36.6 Å². The zero-order valence-electron chi connectivity index (χ0n) is 11.3. The second kappa shape index (κ2) is 5.12. The third kappa shape index (κ3) is 2.48. The number of anilines is 2. The van der Waals surface area contributed by atoms with Crippen LogP contribution in [-0.4, -0.2) is 20.9 Å². The van der Waals surface area contributed by atoms with E-state index in [-0.39, 0.29) is 5.91 Å². The molecule has 0 fully saturated rings. The molecule has 3 aromatic rings. The zero-order chi connectivity index (χ0) is 14.8. The van der Waals surface area contributed by atoms with Crippen LogP contribution in [0.5, 0.6) is 0 Å². The van der Waals surface area contributed by atoms with Crippen LogP contribution in [0.25, 0.3) is 17.1 Å². The number of nitrogen functional groups attached to an aromatic ring is 1. The van der Waals surface area contributed by atoms with E-state index in [1.165, 1.54) is 11.6 Å². The minimum atomic E-state index is -0.144. The molecule has 2 aromatic heterocycles. The van der Waals surface area contributed by atoms with Gasteiger partial charge in [-0.05, 0) is 30.3 Å². The van der Waals surface area contributed by atoms with E-state index in [1.807, 2.05) is 6.07 Å². The first kappa shape index (κ1) is 12.9. The van der Waals surface area contributed by atoms with Crippen LogP contribution >= 0.6 is 0 Å². The highest BCUT2D eigenvalue weighted by molar-refractivity contribution is 5.89. The number of rotatable bonds is 3. The van der Waals surface area contributed by atoms with E-state index >= 15 is 0 Å². The predicted octanol–water partition coefficient (Wildman–Crippen LogP) is 2.07. The fraction of sp³-hybridized carbons (Fsp3) is 0.0714. The van der Waals surface area contributed by atoms with Crippen molar-refractivity contribution in [1.29, 1.82) is 0 Å². The van der Waals surface area contributed by atoms with Gasteiger partial charge in [0.1, 0.15) is 0 Å². The van der Waals surface area contributed by atoms with Crippen molar-refractivity contribution in [3.63, 3.8) is 0 Å². The molecule has 1 aromatic carbocycles. The first-order valence-electron chi connectivity index (χ1n) is 6.28. The lowest BCUT2D eigenvalue weighted by Gasteiger charge is -2.06. The summed E-state index contributed by atoms with van der Waals surface area (Å²) in [5.74, 6) is 0.775. The summed E-state index contributed by atoms with van der Waals surface area (Å²) in [6.07, 6.45) is 1.55. The van der Waals surface area contributed by atoms with Crippen molar-refractivity contribution in [2.45, 2.75) is 6.92 Å². The number of carbonyl (C=O) groups is 1. The lowest BCUT2D eigenvalue weighted by atomic mass is 10.2. The van der Waals surface area contributed by atoms with E-state index in [0.29, 0.717) is 28.6 Å². The van der Waals surface area contributed by atoms with Gasteiger partial charge in [-0.1, -0.05) is 11.3 Å². The molecule has 0 radical (unpaired) electrons. The van der Waals surface area contributed by atoms with Gasteiger partial charge in [0.2, 0.25) is 5.91 Å². The Morgan fingerprint density at radius 3 is 2.90 bits per heavy atom. The Bertz CT molecular complexity index is 777. The Hall–Kier alpha value is -3.09. The molecule has 2 heterocycles. The van der Waals surface area contributed by atoms with E-state index in [9.17, 15) is 4.79 Å². The lowest BCUT2D eigenvalue weighted by molar-refractivity contribution is -0.114. The smallest absolute Gasteiger partial charge is 0.221 e. The molecule has 3 N–H and O–H groups in total. The molecule has 0 aliphatic heterocycles. The van der Waals surface area contributed by atoms with Crippen LogP contribution < -0.4 is 11.1 Å². The predicted molar refractivity (Wildman–Crippen MR) is 77.8 cm³/mol. The molecular formula is C14H13N5O2. The molecule has 3 rings (SSSR count). The van der Waals surface area contributed by atoms with Gasteiger partial charge in [-0.3, -0.25) is 4.79 Å². The fourth-order valence-corrected chi connectivity index (χ4v) is 1.99. The van der Waals surface area contributed by atoms with Gasteiger partial charge in [0.25, 0.3) is 0 Å². The average molecular weight is 283 g/mol. The largest absolute Gasteiger partial charge is 0.463 e. The Labute approximate surface area is 120 Å². The third-order valence-electron chi connectivity index (χ3n) is 2.87. The second-order valence-corrected chi connectivity index (χ2v) is 4.44. The summed E-state index contributed by atoms with van der Waals surface area (Å²) < 4.78 is 6.76. The molecule has 7 nitrogen and oxygen atoms in total. The van der Waals surface area contributed by atoms with Gasteiger partial charge in [-0.2, -0.15) is 4.68 Å². The molecule has 0 aliphatic carbocycles. The molecule has 21 heavy (non-hydrogen) atoms. The fourth-order valence-electron chi connectivity index (χ4n) is 1.99. The monoisotopic (exact) mass is 283 g/mol. The Kier molecular flexibility index (Phi) is 3.15. The first-order chi connectivity index (χ1) is 10.1. The zero-order valence-corrected chi connectivity index (χ0v) is 11.3. The van der Waals surface area contributed by atoms with Crippen molar-refractivity contribution in [3.05, 3.63) is 42.7 Å². The molecule has 106 valence electrons. The summed E-state index contributed by atoms with van der Waals surface area (Å²) in [5, 5.41) is 10.8. The molecule has 7 heteroatoms. The Morgan fingerprint density at radius 2 is 2.19 bits per heavy atom. The minimum absolute atomic E-state index is 0.144. The number of benzene rings is 1. The minimum Gasteiger partial charge on any atom is -0.463 e. The van der Waals surface area contributed by atoms with Crippen LogP contribution in [0, 0.1) is 0 Å². The lowest BCUT2D eigenvalue weighted by Crippen LogP contribution is -2.07. The van der Waals surface area contributed by atoms with Gasteiger partial charge in [0, 0.05) is 12.6 Å². The van der Waals surface area contributed by atoms with Gasteiger partial charge >= 0.3 is 0 Å². The molecule has 0 bridgehead atoms. The van der Waals surface area contributed by atoms with Gasteiger partial charge in [-0.15, -0.1) is 5.10 Å². The molecule has 0 saturated carbocycles. The normalized spacial score (nSPS) is 10.5. The maximum Gasteiger partial charge on any atom is 0.221 e. The molecule has 0 spiro atoms. The average Bonchev–Trinajstić information content (AvgIpc) is 3.07. The molecule has 1 amide bonds. The van der Waals surface area contributed by atoms with Crippen molar-refractivity contribution in [3.8, 4) is 17.1 Å². The van der Waals surface area contributed by atoms with E-state index in [2.05, 4.69) is 15.6 Å². The number of carbonyl (C=O) groups excluding carboxylic acids is 1. The number of hydrogen-bond acceptors (Lipinski definition) is 5. The highest BCUT2D eigenvalue weighted by Crippen LogP contribution is 2.26. The van der Waals surface area contributed by atoms with E-state index < -0.39 is 0 Å². The molecule has 0 saturated heterocycles. The topological polar surface area (TPSA) is 99.0 Å². The van der Waals surface area contributed by atoms with Gasteiger partial charge in [0.15, 0.2) is 17.3 Å². The number of nitrogens with two attached hydrogens (primary N) is 1. The molecule has 0 atom stereocenters. The second-order valence-electron chi connectivity index (χ2n) is 4.44. The van der Waals surface area contributed by atoms with Crippen molar-refractivity contribution in [2.24, 2.45) is 0 Å². The molecular weight excluding hydrogens is 270 g/mol. The number of nitrogens with zero attached hydrogens (tertiary/aromatic N) is 3. The number of nitrogens with one attached hydrogen (secondary N) is 1. The highest BCUT2D eigenvalue weighted by Gasteiger charge is 2.15. The van der Waals surface area contributed by atoms with E-state index in [4.69, 9.17) is 10.2 Å². The summed E-state index contributed by atoms with van der Waals surface area (Å²) in [7, 11) is 0. The SMILES string of the molecule is CC(=O)Nc1cccc(-n2nnc(-c3ccco3)c2N)c1. The van der Waals surface area contributed by atoms with Crippen LogP contribution in [-0.2, 0) is 4.79 Å². The van der Waals surface area contributed by atoms with Crippen LogP contribution in [0.15, 0.2) is 47.1 Å². The van der Waals surface area contributed by atoms with Crippen LogP contribution in [0.1, 0.15) is 6.92 Å². The van der Waals surface area contributed by atoms with Gasteiger partial charge in [0.05, 0.1) is 12.0 Å². The maximum absolute atomic E-state index is 11.1. The standard InChI is InChI=1S/C14H13N5O2/c1-9(20)16-10-4-2-5-11(8-10)19-14(15)13(17-18-19)12-6-3-7-21-12/h2-8H,15H2,1H3,(H,16,20). The van der Waals surface area contributed by atoms with Crippen molar-refractivity contribution in [1.82, 2.24) is 15.0 Å². The van der Waals surface area contributed by atoms with Gasteiger partial charge < -0.3 is 15.5 Å². The van der Waals surface area contributed by atoms with Crippen molar-refractivity contribution >= 4 is 17.4 Å². The number of furan rings is 1. The summed E-state index contributed by atoms with van der Waals surface area (Å²) in [6, 6.07) is 10.7. The van der Waals surface area contributed by atoms with Crippen LogP contribution in [0.3, 0.4) is 0 Å². The summed E-state index contributed by atoms with van der Waals surface area (Å²) in [6.45, 7) is 1.45. The van der Waals surface area contributed by atoms with Crippen molar-refractivity contribution in [2.75, 3.05) is 11.1 Å². The maximum atomic E-state index is 11.1. The number of aromatic nitrogens is 3. The molecule has 0 unspecified atom stereocenters.